The van der Waals surface area contributed by atoms with Crippen LogP contribution in [0.15, 0.2) is 64.5 Å². The first kappa shape index (κ1) is 21.2. The molecule has 31 heavy (non-hydrogen) atoms. The summed E-state index contributed by atoms with van der Waals surface area (Å²) in [5.74, 6) is 1.17. The number of aromatic amines is 1. The third-order valence-electron chi connectivity index (χ3n) is 5.20. The third kappa shape index (κ3) is 4.99. The molecule has 1 aliphatic heterocycles. The summed E-state index contributed by atoms with van der Waals surface area (Å²) in [4.78, 5) is 33.0. The standard InChI is InChI=1S/C24H25N3O3S/c1-2-3-13-30-19-12-8-7-11-17(19)18-14-20(28)25-22-21(18)23(29)27-24(26-22)31-15-16-9-5-4-6-10-16/h4-12,18H,2-3,13-15H2,1H3,(H2,25,26,27,28,29). The fraction of sp³-hybridized carbons (Fsp3) is 0.292. The number of hydrogen-bond donors (Lipinski definition) is 2. The number of H-pyrrole nitrogens is 1. The summed E-state index contributed by atoms with van der Waals surface area (Å²) in [6.07, 6.45) is 2.16. The van der Waals surface area contributed by atoms with Gasteiger partial charge in [0, 0.05) is 23.7 Å². The molecule has 0 saturated carbocycles. The van der Waals surface area contributed by atoms with Gasteiger partial charge in [0.1, 0.15) is 11.6 Å². The molecule has 3 aromatic rings. The predicted molar refractivity (Wildman–Crippen MR) is 123 cm³/mol. The van der Waals surface area contributed by atoms with Gasteiger partial charge in [-0.1, -0.05) is 73.6 Å². The maximum atomic E-state index is 13.1. The lowest BCUT2D eigenvalue weighted by atomic mass is 9.86. The zero-order valence-corrected chi connectivity index (χ0v) is 18.2. The molecule has 0 fully saturated rings. The average molecular weight is 436 g/mol. The summed E-state index contributed by atoms with van der Waals surface area (Å²) in [5, 5.41) is 3.27. The van der Waals surface area contributed by atoms with E-state index in [1.165, 1.54) is 11.8 Å². The molecular formula is C24H25N3O3S. The Kier molecular flexibility index (Phi) is 6.72. The zero-order valence-electron chi connectivity index (χ0n) is 17.4. The maximum Gasteiger partial charge on any atom is 0.257 e. The number of para-hydroxylation sites is 1. The van der Waals surface area contributed by atoms with E-state index in [-0.39, 0.29) is 17.9 Å². The van der Waals surface area contributed by atoms with E-state index in [4.69, 9.17) is 4.74 Å². The molecule has 7 heteroatoms. The summed E-state index contributed by atoms with van der Waals surface area (Å²) in [5.41, 5.74) is 2.23. The highest BCUT2D eigenvalue weighted by Crippen LogP contribution is 2.38. The number of rotatable bonds is 8. The zero-order chi connectivity index (χ0) is 21.6. The summed E-state index contributed by atoms with van der Waals surface area (Å²) < 4.78 is 5.96. The summed E-state index contributed by atoms with van der Waals surface area (Å²) in [7, 11) is 0. The van der Waals surface area contributed by atoms with Gasteiger partial charge in [0.15, 0.2) is 5.16 Å². The lowest BCUT2D eigenvalue weighted by Crippen LogP contribution is -2.31. The number of hydrogen-bond acceptors (Lipinski definition) is 5. The number of benzene rings is 2. The fourth-order valence-corrected chi connectivity index (χ4v) is 4.45. The molecule has 0 spiro atoms. The van der Waals surface area contributed by atoms with Crippen molar-refractivity contribution in [2.75, 3.05) is 11.9 Å². The molecule has 1 atom stereocenters. The second-order valence-electron chi connectivity index (χ2n) is 7.45. The number of nitrogens with zero attached hydrogens (tertiary/aromatic N) is 1. The molecular weight excluding hydrogens is 410 g/mol. The highest BCUT2D eigenvalue weighted by molar-refractivity contribution is 7.98. The van der Waals surface area contributed by atoms with Crippen molar-refractivity contribution in [1.29, 1.82) is 0 Å². The largest absolute Gasteiger partial charge is 0.493 e. The van der Waals surface area contributed by atoms with Gasteiger partial charge >= 0.3 is 0 Å². The van der Waals surface area contributed by atoms with Crippen LogP contribution in [0.4, 0.5) is 5.82 Å². The van der Waals surface area contributed by atoms with Gasteiger partial charge < -0.3 is 15.0 Å². The molecule has 0 aliphatic carbocycles. The normalized spacial score (nSPS) is 15.3. The van der Waals surface area contributed by atoms with Crippen molar-refractivity contribution >= 4 is 23.5 Å². The van der Waals surface area contributed by atoms with Crippen molar-refractivity contribution in [3.63, 3.8) is 0 Å². The summed E-state index contributed by atoms with van der Waals surface area (Å²) >= 11 is 1.43. The van der Waals surface area contributed by atoms with Gasteiger partial charge in [-0.3, -0.25) is 9.59 Å². The van der Waals surface area contributed by atoms with Gasteiger partial charge in [-0.05, 0) is 18.1 Å². The third-order valence-corrected chi connectivity index (χ3v) is 6.14. The number of amides is 1. The number of carbonyl (C=O) groups is 1. The minimum atomic E-state index is -0.397. The first-order valence-corrected chi connectivity index (χ1v) is 11.5. The highest BCUT2D eigenvalue weighted by Gasteiger charge is 2.32. The molecule has 2 heterocycles. The smallest absolute Gasteiger partial charge is 0.257 e. The van der Waals surface area contributed by atoms with Crippen molar-refractivity contribution in [1.82, 2.24) is 9.97 Å². The molecule has 0 bridgehead atoms. The number of carbonyl (C=O) groups excluding carboxylic acids is 1. The van der Waals surface area contributed by atoms with Crippen molar-refractivity contribution in [3.05, 3.63) is 81.6 Å². The lowest BCUT2D eigenvalue weighted by Gasteiger charge is -2.26. The molecule has 1 aliphatic rings. The van der Waals surface area contributed by atoms with Crippen LogP contribution in [-0.4, -0.2) is 22.5 Å². The number of thioether (sulfide) groups is 1. The lowest BCUT2D eigenvalue weighted by molar-refractivity contribution is -0.116. The van der Waals surface area contributed by atoms with Crippen LogP contribution >= 0.6 is 11.8 Å². The van der Waals surface area contributed by atoms with E-state index in [2.05, 4.69) is 22.2 Å². The van der Waals surface area contributed by atoms with Crippen LogP contribution in [0, 0.1) is 0 Å². The van der Waals surface area contributed by atoms with E-state index in [0.717, 1.165) is 24.0 Å². The van der Waals surface area contributed by atoms with Crippen molar-refractivity contribution in [3.8, 4) is 5.75 Å². The predicted octanol–water partition coefficient (Wildman–Crippen LogP) is 4.72. The van der Waals surface area contributed by atoms with E-state index in [1.807, 2.05) is 54.6 Å². The van der Waals surface area contributed by atoms with Crippen LogP contribution in [0.3, 0.4) is 0 Å². The fourth-order valence-electron chi connectivity index (χ4n) is 3.64. The topological polar surface area (TPSA) is 84.1 Å². The highest BCUT2D eigenvalue weighted by atomic mass is 32.2. The average Bonchev–Trinajstić information content (AvgIpc) is 2.78. The van der Waals surface area contributed by atoms with Crippen LogP contribution in [-0.2, 0) is 10.5 Å². The second-order valence-corrected chi connectivity index (χ2v) is 8.42. The van der Waals surface area contributed by atoms with E-state index in [9.17, 15) is 9.59 Å². The van der Waals surface area contributed by atoms with Crippen LogP contribution in [0.2, 0.25) is 0 Å². The van der Waals surface area contributed by atoms with Crippen LogP contribution in [0.5, 0.6) is 5.75 Å². The molecule has 2 aromatic carbocycles. The van der Waals surface area contributed by atoms with Crippen LogP contribution < -0.4 is 15.6 Å². The number of unbranched alkanes of at least 4 members (excludes halogenated alkanes) is 1. The molecule has 0 saturated heterocycles. The minimum Gasteiger partial charge on any atom is -0.493 e. The molecule has 2 N–H and O–H groups in total. The summed E-state index contributed by atoms with van der Waals surface area (Å²) in [6.45, 7) is 2.71. The van der Waals surface area contributed by atoms with Crippen molar-refractivity contribution < 1.29 is 9.53 Å². The van der Waals surface area contributed by atoms with Crippen molar-refractivity contribution in [2.45, 2.75) is 43.0 Å². The Labute approximate surface area is 185 Å². The van der Waals surface area contributed by atoms with E-state index >= 15 is 0 Å². The summed E-state index contributed by atoms with van der Waals surface area (Å²) in [6, 6.07) is 17.6. The van der Waals surface area contributed by atoms with Gasteiger partial charge in [0.05, 0.1) is 12.2 Å². The van der Waals surface area contributed by atoms with E-state index in [0.29, 0.717) is 34.6 Å². The number of ether oxygens (including phenoxy) is 1. The van der Waals surface area contributed by atoms with Crippen molar-refractivity contribution in [2.24, 2.45) is 0 Å². The van der Waals surface area contributed by atoms with Gasteiger partial charge in [-0.25, -0.2) is 4.98 Å². The molecule has 160 valence electrons. The first-order chi connectivity index (χ1) is 15.2. The van der Waals surface area contributed by atoms with Crippen LogP contribution in [0.25, 0.3) is 0 Å². The van der Waals surface area contributed by atoms with Gasteiger partial charge in [0.2, 0.25) is 5.91 Å². The Morgan fingerprint density at radius 2 is 1.87 bits per heavy atom. The SMILES string of the molecule is CCCCOc1ccccc1C1CC(=O)Nc2nc(SCc3ccccc3)[nH]c(=O)c21. The molecule has 1 amide bonds. The minimum absolute atomic E-state index is 0.155. The van der Waals surface area contributed by atoms with E-state index < -0.39 is 5.92 Å². The monoisotopic (exact) mass is 435 g/mol. The number of aromatic nitrogens is 2. The Balaban J connectivity index is 1.64. The maximum absolute atomic E-state index is 13.1. The van der Waals surface area contributed by atoms with Gasteiger partial charge in [-0.15, -0.1) is 0 Å². The Morgan fingerprint density at radius 1 is 1.10 bits per heavy atom. The second kappa shape index (κ2) is 9.83. The molecule has 6 nitrogen and oxygen atoms in total. The Hall–Kier alpha value is -3.06. The molecule has 1 aromatic heterocycles. The molecule has 1 unspecified atom stereocenters. The van der Waals surface area contributed by atoms with E-state index in [1.54, 1.807) is 0 Å². The first-order valence-electron chi connectivity index (χ1n) is 10.5. The number of nitrogens with one attached hydrogen (secondary N) is 2. The quantitative estimate of drug-likeness (QED) is 0.304. The molecule has 4 rings (SSSR count). The Bertz CT molecular complexity index is 1110. The molecule has 0 radical (unpaired) electrons. The number of anilines is 1. The van der Waals surface area contributed by atoms with Gasteiger partial charge in [-0.2, -0.15) is 0 Å². The Morgan fingerprint density at radius 3 is 2.68 bits per heavy atom. The van der Waals surface area contributed by atoms with Gasteiger partial charge in [0.25, 0.3) is 5.56 Å². The van der Waals surface area contributed by atoms with Crippen LogP contribution in [0.1, 0.15) is 48.8 Å². The number of fused-ring (bicyclic) bond motifs is 1.